The zero-order chi connectivity index (χ0) is 17.9. The first-order chi connectivity index (χ1) is 9.76. The van der Waals surface area contributed by atoms with Crippen molar-refractivity contribution in [3.8, 4) is 0 Å². The smallest absolute Gasteiger partial charge is 0.251 e. The normalized spacial score (nSPS) is 18.5. The Bertz CT molecular complexity index is 366. The van der Waals surface area contributed by atoms with Crippen LogP contribution in [0.4, 0.5) is 0 Å². The van der Waals surface area contributed by atoms with E-state index in [9.17, 15) is 9.90 Å². The van der Waals surface area contributed by atoms with Crippen molar-refractivity contribution in [2.45, 2.75) is 71.9 Å². The molecule has 0 bridgehead atoms. The number of carbonyl (C=O) groups is 1. The second-order valence-corrected chi connectivity index (χ2v) is 12.5. The first-order valence-electron chi connectivity index (χ1n) is 7.93. The van der Waals surface area contributed by atoms with E-state index in [-0.39, 0.29) is 28.9 Å². The Kier molecular flexibility index (Phi) is 7.75. The molecule has 1 amide bonds. The van der Waals surface area contributed by atoms with E-state index in [0.29, 0.717) is 0 Å². The summed E-state index contributed by atoms with van der Waals surface area (Å²) >= 11 is 0. The summed E-state index contributed by atoms with van der Waals surface area (Å²) in [6.45, 7) is 16.3. The number of aliphatic hydroxyl groups excluding tert-OH is 1. The maximum Gasteiger partial charge on any atom is 0.251 e. The Balaban J connectivity index is 5.44. The molecule has 132 valence electrons. The van der Waals surface area contributed by atoms with Gasteiger partial charge in [0.15, 0.2) is 8.32 Å². The highest BCUT2D eigenvalue weighted by Gasteiger charge is 2.43. The van der Waals surface area contributed by atoms with Crippen molar-refractivity contribution >= 4 is 14.2 Å². The highest BCUT2D eigenvalue weighted by atomic mass is 28.4. The molecule has 0 saturated heterocycles. The fraction of sp³-hybridized carbons (Fsp3) is 0.938. The minimum atomic E-state index is -2.05. The Hall–Kier alpha value is -0.433. The SMILES string of the molecule is CON(C)C(=O)[C@H](C)[C@@H](O[Si](C)(C)C(C)(C)C)[C@@H](C)[C@H](C)O. The third-order valence-corrected chi connectivity index (χ3v) is 9.46. The minimum Gasteiger partial charge on any atom is -0.413 e. The highest BCUT2D eigenvalue weighted by Crippen LogP contribution is 2.39. The van der Waals surface area contributed by atoms with Gasteiger partial charge in [-0.3, -0.25) is 9.63 Å². The first kappa shape index (κ1) is 21.6. The predicted molar refractivity (Wildman–Crippen MR) is 91.9 cm³/mol. The number of rotatable bonds is 7. The van der Waals surface area contributed by atoms with Gasteiger partial charge in [0.1, 0.15) is 0 Å². The summed E-state index contributed by atoms with van der Waals surface area (Å²) in [5, 5.41) is 11.3. The van der Waals surface area contributed by atoms with E-state index >= 15 is 0 Å². The molecule has 0 aromatic carbocycles. The molecular weight excluding hydrogens is 298 g/mol. The van der Waals surface area contributed by atoms with Crippen LogP contribution < -0.4 is 0 Å². The summed E-state index contributed by atoms with van der Waals surface area (Å²) in [4.78, 5) is 17.4. The molecule has 0 heterocycles. The Morgan fingerprint density at radius 1 is 1.18 bits per heavy atom. The van der Waals surface area contributed by atoms with Crippen molar-refractivity contribution in [3.63, 3.8) is 0 Å². The number of nitrogens with zero attached hydrogens (tertiary/aromatic N) is 1. The average molecular weight is 334 g/mol. The van der Waals surface area contributed by atoms with Crippen LogP contribution in [0, 0.1) is 11.8 Å². The zero-order valence-electron chi connectivity index (χ0n) is 15.9. The molecule has 0 fully saturated rings. The van der Waals surface area contributed by atoms with Crippen molar-refractivity contribution in [1.82, 2.24) is 5.06 Å². The molecule has 1 N–H and O–H groups in total. The van der Waals surface area contributed by atoms with Crippen molar-refractivity contribution in [2.75, 3.05) is 14.2 Å². The fourth-order valence-corrected chi connectivity index (χ4v) is 3.43. The van der Waals surface area contributed by atoms with E-state index in [2.05, 4.69) is 33.9 Å². The van der Waals surface area contributed by atoms with Gasteiger partial charge in [-0.15, -0.1) is 0 Å². The molecule has 0 unspecified atom stereocenters. The number of hydroxylamine groups is 2. The molecule has 0 aliphatic carbocycles. The second-order valence-electron chi connectivity index (χ2n) is 7.75. The van der Waals surface area contributed by atoms with Crippen LogP contribution in [0.5, 0.6) is 0 Å². The van der Waals surface area contributed by atoms with Crippen LogP contribution in [-0.4, -0.2) is 50.8 Å². The Morgan fingerprint density at radius 2 is 1.64 bits per heavy atom. The van der Waals surface area contributed by atoms with Gasteiger partial charge < -0.3 is 9.53 Å². The quantitative estimate of drug-likeness (QED) is 0.575. The van der Waals surface area contributed by atoms with Gasteiger partial charge in [0, 0.05) is 13.0 Å². The first-order valence-corrected chi connectivity index (χ1v) is 10.8. The molecule has 0 aromatic heterocycles. The highest BCUT2D eigenvalue weighted by molar-refractivity contribution is 6.74. The van der Waals surface area contributed by atoms with E-state index in [1.807, 2.05) is 13.8 Å². The van der Waals surface area contributed by atoms with Gasteiger partial charge in [0.2, 0.25) is 0 Å². The molecule has 0 spiro atoms. The molecule has 0 radical (unpaired) electrons. The third-order valence-electron chi connectivity index (χ3n) is 4.98. The Morgan fingerprint density at radius 3 is 1.95 bits per heavy atom. The van der Waals surface area contributed by atoms with Crippen LogP contribution in [0.3, 0.4) is 0 Å². The standard InChI is InChI=1S/C16H35NO4Si/c1-11(13(3)18)14(12(2)15(19)17(7)20-8)21-22(9,10)16(4,5)6/h11-14,18H,1-10H3/t11-,12+,13-,14-/m0/s1. The van der Waals surface area contributed by atoms with Crippen LogP contribution in [0.1, 0.15) is 41.5 Å². The van der Waals surface area contributed by atoms with E-state index in [4.69, 9.17) is 9.26 Å². The van der Waals surface area contributed by atoms with E-state index in [1.54, 1.807) is 14.0 Å². The lowest BCUT2D eigenvalue weighted by atomic mass is 9.89. The number of carbonyl (C=O) groups excluding carboxylic acids is 1. The van der Waals surface area contributed by atoms with Gasteiger partial charge in [-0.2, -0.15) is 0 Å². The molecule has 0 rings (SSSR count). The maximum atomic E-state index is 12.4. The predicted octanol–water partition coefficient (Wildman–Crippen LogP) is 3.05. The Labute approximate surface area is 137 Å². The van der Waals surface area contributed by atoms with Gasteiger partial charge >= 0.3 is 0 Å². The van der Waals surface area contributed by atoms with E-state index in [1.165, 1.54) is 12.2 Å². The van der Waals surface area contributed by atoms with Crippen LogP contribution in [0.15, 0.2) is 0 Å². The fourth-order valence-electron chi connectivity index (χ4n) is 1.97. The topological polar surface area (TPSA) is 59.0 Å². The van der Waals surface area contributed by atoms with Crippen molar-refractivity contribution in [3.05, 3.63) is 0 Å². The largest absolute Gasteiger partial charge is 0.413 e. The summed E-state index contributed by atoms with van der Waals surface area (Å²) in [5.74, 6) is -0.666. The van der Waals surface area contributed by atoms with Gasteiger partial charge in [0.05, 0.1) is 25.2 Å². The lowest BCUT2D eigenvalue weighted by molar-refractivity contribution is -0.177. The number of hydrogen-bond donors (Lipinski definition) is 1. The van der Waals surface area contributed by atoms with Crippen molar-refractivity contribution < 1.29 is 19.2 Å². The van der Waals surface area contributed by atoms with Gasteiger partial charge in [-0.25, -0.2) is 5.06 Å². The van der Waals surface area contributed by atoms with Gasteiger partial charge in [-0.1, -0.05) is 34.6 Å². The number of hydrogen-bond acceptors (Lipinski definition) is 4. The summed E-state index contributed by atoms with van der Waals surface area (Å²) in [6, 6.07) is 0. The average Bonchev–Trinajstić information content (AvgIpc) is 2.40. The van der Waals surface area contributed by atoms with Crippen LogP contribution in [-0.2, 0) is 14.1 Å². The van der Waals surface area contributed by atoms with Gasteiger partial charge in [-0.05, 0) is 25.1 Å². The summed E-state index contributed by atoms with van der Waals surface area (Å²) in [7, 11) is 1.00. The molecule has 0 aliphatic rings. The van der Waals surface area contributed by atoms with E-state index in [0.717, 1.165) is 0 Å². The molecule has 0 aromatic rings. The summed E-state index contributed by atoms with van der Waals surface area (Å²) in [6.07, 6.45) is -0.885. The molecule has 4 atom stereocenters. The molecular formula is C16H35NO4Si. The number of aliphatic hydroxyl groups is 1. The molecule has 0 saturated carbocycles. The minimum absolute atomic E-state index is 0.0413. The lowest BCUT2D eigenvalue weighted by Gasteiger charge is -2.43. The molecule has 6 heteroatoms. The van der Waals surface area contributed by atoms with Crippen LogP contribution in [0.25, 0.3) is 0 Å². The van der Waals surface area contributed by atoms with Crippen LogP contribution in [0.2, 0.25) is 18.1 Å². The second kappa shape index (κ2) is 7.90. The van der Waals surface area contributed by atoms with Crippen LogP contribution >= 0.6 is 0 Å². The summed E-state index contributed by atoms with van der Waals surface area (Å²) in [5.41, 5.74) is 0. The monoisotopic (exact) mass is 333 g/mol. The van der Waals surface area contributed by atoms with Gasteiger partial charge in [0.25, 0.3) is 5.91 Å². The number of amides is 1. The maximum absolute atomic E-state index is 12.4. The molecule has 5 nitrogen and oxygen atoms in total. The summed E-state index contributed by atoms with van der Waals surface area (Å²) < 4.78 is 6.48. The van der Waals surface area contributed by atoms with Crippen molar-refractivity contribution in [2.24, 2.45) is 11.8 Å². The van der Waals surface area contributed by atoms with Crippen molar-refractivity contribution in [1.29, 1.82) is 0 Å². The van der Waals surface area contributed by atoms with E-state index < -0.39 is 14.4 Å². The third kappa shape index (κ3) is 5.33. The molecule has 0 aliphatic heterocycles. The zero-order valence-corrected chi connectivity index (χ0v) is 16.9. The molecule has 22 heavy (non-hydrogen) atoms. The lowest BCUT2D eigenvalue weighted by Crippen LogP contribution is -2.51.